The van der Waals surface area contributed by atoms with Gasteiger partial charge in [-0.1, -0.05) is 20.8 Å². The number of rotatable bonds is 5. The van der Waals surface area contributed by atoms with Crippen LogP contribution in [0.5, 0.6) is 0 Å². The van der Waals surface area contributed by atoms with E-state index in [-0.39, 0.29) is 11.6 Å². The van der Waals surface area contributed by atoms with E-state index in [1.54, 1.807) is 6.92 Å². The van der Waals surface area contributed by atoms with Crippen LogP contribution >= 0.6 is 27.3 Å². The highest BCUT2D eigenvalue weighted by atomic mass is 79.9. The third-order valence-electron chi connectivity index (χ3n) is 4.90. The Bertz CT molecular complexity index is 930. The van der Waals surface area contributed by atoms with Crippen molar-refractivity contribution in [2.45, 2.75) is 64.9 Å². The number of H-pyrrole nitrogens is 1. The Balaban J connectivity index is 2.53. The fourth-order valence-corrected chi connectivity index (χ4v) is 5.30. The summed E-state index contributed by atoms with van der Waals surface area (Å²) in [5.41, 5.74) is -0.542. The molecule has 0 aromatic carbocycles. The summed E-state index contributed by atoms with van der Waals surface area (Å²) in [5.74, 6) is 0. The van der Waals surface area contributed by atoms with Crippen LogP contribution in [0.2, 0.25) is 18.1 Å². The van der Waals surface area contributed by atoms with Gasteiger partial charge in [0.1, 0.15) is 10.9 Å². The lowest BCUT2D eigenvalue weighted by Gasteiger charge is -2.39. The van der Waals surface area contributed by atoms with Gasteiger partial charge in [-0.2, -0.15) is 0 Å². The quantitative estimate of drug-likeness (QED) is 0.657. The summed E-state index contributed by atoms with van der Waals surface area (Å²) in [6.07, 6.45) is -4.17. The average Bonchev–Trinajstić information content (AvgIpc) is 2.76. The molecule has 2 rings (SSSR count). The van der Waals surface area contributed by atoms with E-state index in [2.05, 4.69) is 20.9 Å². The number of nitrogens with one attached hydrogen (secondary N) is 1. The van der Waals surface area contributed by atoms with Crippen molar-refractivity contribution in [2.75, 3.05) is 0 Å². The molecule has 1 unspecified atom stereocenters. The van der Waals surface area contributed by atoms with E-state index in [1.165, 1.54) is 15.9 Å². The monoisotopic (exact) mass is 468 g/mol. The molecule has 1 atom stereocenters. The fraction of sp³-hybridized carbons (Fsp3) is 0.625. The second kappa shape index (κ2) is 7.29. The molecule has 0 aliphatic carbocycles. The first kappa shape index (κ1) is 21.5. The lowest BCUT2D eigenvalue weighted by molar-refractivity contribution is -0.00555. The third kappa shape index (κ3) is 4.02. The number of alkyl halides is 2. The zero-order chi connectivity index (χ0) is 20.0. The highest BCUT2D eigenvalue weighted by molar-refractivity contribution is 9.11. The van der Waals surface area contributed by atoms with Crippen LogP contribution in [0.4, 0.5) is 8.78 Å². The van der Waals surface area contributed by atoms with Crippen molar-refractivity contribution in [2.24, 2.45) is 0 Å². The Labute approximate surface area is 163 Å². The van der Waals surface area contributed by atoms with Gasteiger partial charge in [-0.25, -0.2) is 13.6 Å². The summed E-state index contributed by atoms with van der Waals surface area (Å²) in [6.45, 7) is 11.1. The van der Waals surface area contributed by atoms with Gasteiger partial charge in [0.2, 0.25) is 0 Å². The van der Waals surface area contributed by atoms with Gasteiger partial charge in [-0.05, 0) is 46.5 Å². The lowest BCUT2D eigenvalue weighted by Crippen LogP contribution is -2.48. The summed E-state index contributed by atoms with van der Waals surface area (Å²) in [6, 6.07) is 0. The molecule has 0 spiro atoms. The van der Waals surface area contributed by atoms with Crippen LogP contribution in [-0.2, 0) is 11.0 Å². The number of hydrogen-bond donors (Lipinski definition) is 1. The van der Waals surface area contributed by atoms with Crippen LogP contribution in [0, 0.1) is 6.92 Å². The summed E-state index contributed by atoms with van der Waals surface area (Å²) in [7, 11) is -2.46. The molecule has 146 valence electrons. The number of aromatic nitrogens is 2. The van der Waals surface area contributed by atoms with E-state index >= 15 is 0 Å². The molecular weight excluding hydrogens is 446 g/mol. The Hall–Kier alpha value is -0.843. The second-order valence-corrected chi connectivity index (χ2v) is 14.9. The maximum Gasteiger partial charge on any atom is 0.329 e. The van der Waals surface area contributed by atoms with Crippen LogP contribution < -0.4 is 11.2 Å². The Morgan fingerprint density at radius 2 is 1.88 bits per heavy atom. The Kier molecular flexibility index (Phi) is 6.02. The topological polar surface area (TPSA) is 64.1 Å². The van der Waals surface area contributed by atoms with Gasteiger partial charge in [-0.3, -0.25) is 14.3 Å². The van der Waals surface area contributed by atoms with Crippen LogP contribution in [-0.4, -0.2) is 30.4 Å². The molecule has 0 fully saturated rings. The molecule has 0 aliphatic rings. The molecule has 0 saturated carbocycles. The van der Waals surface area contributed by atoms with Crippen molar-refractivity contribution >= 4 is 45.8 Å². The van der Waals surface area contributed by atoms with Crippen LogP contribution in [0.25, 0.3) is 10.2 Å². The first-order valence-corrected chi connectivity index (χ1v) is 12.7. The Morgan fingerprint density at radius 1 is 1.31 bits per heavy atom. The van der Waals surface area contributed by atoms with Gasteiger partial charge < -0.3 is 4.43 Å². The number of fused-ring (bicyclic) bond motifs is 1. The molecule has 0 bridgehead atoms. The highest BCUT2D eigenvalue weighted by Crippen LogP contribution is 2.38. The van der Waals surface area contributed by atoms with Gasteiger partial charge in [0.25, 0.3) is 12.0 Å². The molecule has 0 aliphatic heterocycles. The van der Waals surface area contributed by atoms with Gasteiger partial charge in [0, 0.05) is 0 Å². The lowest BCUT2D eigenvalue weighted by atomic mass is 10.2. The minimum atomic E-state index is -2.75. The van der Waals surface area contributed by atoms with E-state index in [9.17, 15) is 18.4 Å². The molecule has 2 heterocycles. The Morgan fingerprint density at radius 3 is 2.38 bits per heavy atom. The van der Waals surface area contributed by atoms with Gasteiger partial charge in [-0.15, -0.1) is 11.3 Å². The number of hydrogen-bond acceptors (Lipinski definition) is 4. The maximum atomic E-state index is 13.7. The van der Waals surface area contributed by atoms with Crippen LogP contribution in [0.3, 0.4) is 0 Å². The summed E-state index contributed by atoms with van der Waals surface area (Å²) < 4.78 is 35.1. The highest BCUT2D eigenvalue weighted by Gasteiger charge is 2.41. The average molecular weight is 469 g/mol. The van der Waals surface area contributed by atoms with E-state index in [4.69, 9.17) is 4.43 Å². The number of thiophene rings is 1. The molecule has 0 amide bonds. The molecule has 1 N–H and O–H groups in total. The fourth-order valence-electron chi connectivity index (χ4n) is 2.32. The molecule has 0 saturated heterocycles. The first-order valence-electron chi connectivity index (χ1n) is 8.14. The van der Waals surface area contributed by atoms with Crippen molar-refractivity contribution in [3.05, 3.63) is 30.2 Å². The second-order valence-electron chi connectivity index (χ2n) is 7.80. The van der Waals surface area contributed by atoms with Crippen LogP contribution in [0.15, 0.2) is 13.4 Å². The number of nitrogens with zero attached hydrogens (tertiary/aromatic N) is 1. The number of halogens is 3. The van der Waals surface area contributed by atoms with Crippen molar-refractivity contribution in [3.8, 4) is 0 Å². The minimum Gasteiger partial charge on any atom is -0.406 e. The number of aromatic amines is 1. The smallest absolute Gasteiger partial charge is 0.329 e. The van der Waals surface area contributed by atoms with Crippen molar-refractivity contribution < 1.29 is 13.2 Å². The van der Waals surface area contributed by atoms with Crippen LogP contribution in [0.1, 0.15) is 26.3 Å². The standard InChI is InChI=1S/C16H23BrF2N2O3SSi/c1-8-10-13(22)20-15(23)21(14(10)25-11(8)17)7-9(12(18)19)24-26(5,6)16(2,3)4/h9,12H,7H2,1-6H3,(H,20,22,23). The summed E-state index contributed by atoms with van der Waals surface area (Å²) in [4.78, 5) is 27.0. The predicted octanol–water partition coefficient (Wildman–Crippen LogP) is 4.48. The van der Waals surface area contributed by atoms with Gasteiger partial charge >= 0.3 is 5.69 Å². The third-order valence-corrected chi connectivity index (χ3v) is 11.6. The van der Waals surface area contributed by atoms with E-state index in [1.807, 2.05) is 33.9 Å². The summed E-state index contributed by atoms with van der Waals surface area (Å²) in [5, 5.41) is 0.0929. The largest absolute Gasteiger partial charge is 0.406 e. The van der Waals surface area contributed by atoms with E-state index in [0.717, 1.165) is 0 Å². The van der Waals surface area contributed by atoms with Crippen molar-refractivity contribution in [1.29, 1.82) is 0 Å². The molecular formula is C16H23BrF2N2O3SSi. The number of aryl methyl sites for hydroxylation is 1. The molecule has 10 heteroatoms. The summed E-state index contributed by atoms with van der Waals surface area (Å²) >= 11 is 4.53. The first-order chi connectivity index (χ1) is 11.8. The molecule has 2 aromatic heterocycles. The predicted molar refractivity (Wildman–Crippen MR) is 107 cm³/mol. The van der Waals surface area contributed by atoms with E-state index < -0.39 is 32.1 Å². The SMILES string of the molecule is Cc1c(Br)sc2c1c(=O)[nH]c(=O)n2CC(O[Si](C)(C)C(C)(C)C)C(F)F. The van der Waals surface area contributed by atoms with Gasteiger partial charge in [0.05, 0.1) is 15.7 Å². The zero-order valence-electron chi connectivity index (χ0n) is 15.6. The minimum absolute atomic E-state index is 0.242. The normalized spacial score (nSPS) is 14.4. The zero-order valence-corrected chi connectivity index (χ0v) is 19.0. The molecule has 5 nitrogen and oxygen atoms in total. The van der Waals surface area contributed by atoms with Gasteiger partial charge in [0.15, 0.2) is 8.32 Å². The van der Waals surface area contributed by atoms with Crippen molar-refractivity contribution in [3.63, 3.8) is 0 Å². The van der Waals surface area contributed by atoms with Crippen molar-refractivity contribution in [1.82, 2.24) is 9.55 Å². The molecule has 26 heavy (non-hydrogen) atoms. The van der Waals surface area contributed by atoms with E-state index in [0.29, 0.717) is 19.6 Å². The molecule has 0 radical (unpaired) electrons. The molecule has 2 aromatic rings. The maximum absolute atomic E-state index is 13.7.